The lowest BCUT2D eigenvalue weighted by Crippen LogP contribution is -2.42. The normalized spacial score (nSPS) is 17.7. The highest BCUT2D eigenvalue weighted by Gasteiger charge is 2.34. The van der Waals surface area contributed by atoms with Gasteiger partial charge in [0.15, 0.2) is 0 Å². The van der Waals surface area contributed by atoms with Crippen LogP contribution >= 0.6 is 0 Å². The number of hydrogen-bond donors (Lipinski definition) is 3. The van der Waals surface area contributed by atoms with Crippen LogP contribution in [0.25, 0.3) is 0 Å². The van der Waals surface area contributed by atoms with Gasteiger partial charge in [0, 0.05) is 11.1 Å². The lowest BCUT2D eigenvalue weighted by molar-refractivity contribution is -0.126. The zero-order chi connectivity index (χ0) is 13.9. The van der Waals surface area contributed by atoms with Gasteiger partial charge in [-0.05, 0) is 44.1 Å². The van der Waals surface area contributed by atoms with Gasteiger partial charge in [-0.1, -0.05) is 13.0 Å². The molecule has 0 bridgehead atoms. The molecule has 1 aromatic carbocycles. The summed E-state index contributed by atoms with van der Waals surface area (Å²) in [6, 6.07) is 6.31. The highest BCUT2D eigenvalue weighted by atomic mass is 16.4. The summed E-state index contributed by atoms with van der Waals surface area (Å²) in [6.45, 7) is 3.61. The van der Waals surface area contributed by atoms with Crippen molar-refractivity contribution < 1.29 is 14.7 Å². The Morgan fingerprint density at radius 2 is 2.00 bits per heavy atom. The summed E-state index contributed by atoms with van der Waals surface area (Å²) in [6.07, 6.45) is 1.58. The number of anilines is 1. The summed E-state index contributed by atoms with van der Waals surface area (Å²) in [5, 5.41) is 15.0. The fourth-order valence-electron chi connectivity index (χ4n) is 2.22. The molecule has 0 spiro atoms. The van der Waals surface area contributed by atoms with E-state index in [1.807, 2.05) is 6.92 Å². The molecule has 0 aliphatic carbocycles. The first-order chi connectivity index (χ1) is 9.01. The largest absolute Gasteiger partial charge is 0.478 e. The second-order valence-corrected chi connectivity index (χ2v) is 5.15. The summed E-state index contributed by atoms with van der Waals surface area (Å²) in [4.78, 5) is 23.2. The molecule has 5 nitrogen and oxygen atoms in total. The first-order valence-corrected chi connectivity index (χ1v) is 6.37. The molecule has 3 N–H and O–H groups in total. The number of carboxylic acid groups (broad SMARTS) is 1. The maximum atomic E-state index is 12.3. The zero-order valence-corrected chi connectivity index (χ0v) is 10.9. The minimum Gasteiger partial charge on any atom is -0.478 e. The average molecular weight is 262 g/mol. The number of piperidine rings is 1. The predicted octanol–water partition coefficient (Wildman–Crippen LogP) is 1.71. The first kappa shape index (κ1) is 13.5. The van der Waals surface area contributed by atoms with Crippen LogP contribution in [0.1, 0.15) is 30.1 Å². The highest BCUT2D eigenvalue weighted by Crippen LogP contribution is 2.29. The molecule has 5 heteroatoms. The number of carbonyl (C=O) groups is 2. The number of hydrogen-bond acceptors (Lipinski definition) is 3. The van der Waals surface area contributed by atoms with E-state index in [2.05, 4.69) is 10.6 Å². The van der Waals surface area contributed by atoms with E-state index in [0.717, 1.165) is 25.9 Å². The molecule has 0 saturated carbocycles. The van der Waals surface area contributed by atoms with Crippen LogP contribution in [0.15, 0.2) is 24.3 Å². The van der Waals surface area contributed by atoms with Crippen molar-refractivity contribution in [1.82, 2.24) is 5.32 Å². The van der Waals surface area contributed by atoms with E-state index in [-0.39, 0.29) is 16.9 Å². The van der Waals surface area contributed by atoms with Crippen molar-refractivity contribution in [3.05, 3.63) is 29.8 Å². The molecule has 0 atom stereocenters. The third-order valence-corrected chi connectivity index (χ3v) is 3.62. The monoisotopic (exact) mass is 262 g/mol. The van der Waals surface area contributed by atoms with E-state index < -0.39 is 5.97 Å². The maximum Gasteiger partial charge on any atom is 0.335 e. The molecule has 1 fully saturated rings. The van der Waals surface area contributed by atoms with Gasteiger partial charge in [0.1, 0.15) is 0 Å². The first-order valence-electron chi connectivity index (χ1n) is 6.37. The van der Waals surface area contributed by atoms with Crippen LogP contribution in [-0.4, -0.2) is 30.1 Å². The number of carbonyl (C=O) groups excluding carboxylic acids is 1. The Bertz CT molecular complexity index is 493. The molecular weight excluding hydrogens is 244 g/mol. The quantitative estimate of drug-likeness (QED) is 0.775. The van der Waals surface area contributed by atoms with Crippen LogP contribution < -0.4 is 10.6 Å². The Morgan fingerprint density at radius 1 is 1.32 bits per heavy atom. The van der Waals surface area contributed by atoms with Gasteiger partial charge >= 0.3 is 5.97 Å². The van der Waals surface area contributed by atoms with Crippen molar-refractivity contribution in [1.29, 1.82) is 0 Å². The van der Waals surface area contributed by atoms with E-state index >= 15 is 0 Å². The molecule has 0 aromatic heterocycles. The van der Waals surface area contributed by atoms with Crippen molar-refractivity contribution in [2.45, 2.75) is 19.8 Å². The van der Waals surface area contributed by atoms with Crippen LogP contribution in [0.2, 0.25) is 0 Å². The van der Waals surface area contributed by atoms with E-state index in [4.69, 9.17) is 5.11 Å². The summed E-state index contributed by atoms with van der Waals surface area (Å²) in [7, 11) is 0. The Labute approximate surface area is 112 Å². The second kappa shape index (κ2) is 5.40. The third kappa shape index (κ3) is 3.12. The zero-order valence-electron chi connectivity index (χ0n) is 10.9. The fourth-order valence-corrected chi connectivity index (χ4v) is 2.22. The molecule has 1 heterocycles. The molecule has 0 unspecified atom stereocenters. The number of carboxylic acids is 1. The van der Waals surface area contributed by atoms with Gasteiger partial charge in [-0.3, -0.25) is 4.79 Å². The van der Waals surface area contributed by atoms with E-state index in [0.29, 0.717) is 5.69 Å². The molecule has 1 saturated heterocycles. The van der Waals surface area contributed by atoms with Crippen molar-refractivity contribution in [3.8, 4) is 0 Å². The molecule has 1 aliphatic rings. The second-order valence-electron chi connectivity index (χ2n) is 5.15. The standard InChI is InChI=1S/C14H18N2O3/c1-14(5-7-15-8-6-14)13(19)16-11-4-2-3-10(9-11)12(17)18/h2-4,9,15H,5-8H2,1H3,(H,16,19)(H,17,18). The Morgan fingerprint density at radius 3 is 2.63 bits per heavy atom. The smallest absolute Gasteiger partial charge is 0.335 e. The van der Waals surface area contributed by atoms with E-state index in [9.17, 15) is 9.59 Å². The summed E-state index contributed by atoms with van der Waals surface area (Å²) in [5.74, 6) is -1.04. The topological polar surface area (TPSA) is 78.4 Å². The number of aromatic carboxylic acids is 1. The van der Waals surface area contributed by atoms with Gasteiger partial charge in [-0.15, -0.1) is 0 Å². The lowest BCUT2D eigenvalue weighted by Gasteiger charge is -2.32. The van der Waals surface area contributed by atoms with Crippen LogP contribution in [0.3, 0.4) is 0 Å². The number of benzene rings is 1. The maximum absolute atomic E-state index is 12.3. The molecular formula is C14H18N2O3. The average Bonchev–Trinajstić information content (AvgIpc) is 2.40. The molecule has 1 amide bonds. The molecule has 102 valence electrons. The van der Waals surface area contributed by atoms with Crippen LogP contribution in [0, 0.1) is 5.41 Å². The molecule has 0 radical (unpaired) electrons. The van der Waals surface area contributed by atoms with E-state index in [1.165, 1.54) is 12.1 Å². The molecule has 1 aliphatic heterocycles. The fraction of sp³-hybridized carbons (Fsp3) is 0.429. The minimum absolute atomic E-state index is 0.0449. The third-order valence-electron chi connectivity index (χ3n) is 3.62. The van der Waals surface area contributed by atoms with Gasteiger partial charge < -0.3 is 15.7 Å². The number of amides is 1. The van der Waals surface area contributed by atoms with Gasteiger partial charge in [-0.2, -0.15) is 0 Å². The van der Waals surface area contributed by atoms with Crippen LogP contribution in [-0.2, 0) is 4.79 Å². The minimum atomic E-state index is -0.996. The van der Waals surface area contributed by atoms with Gasteiger partial charge in [-0.25, -0.2) is 4.79 Å². The lowest BCUT2D eigenvalue weighted by atomic mass is 9.80. The van der Waals surface area contributed by atoms with Gasteiger partial charge in [0.05, 0.1) is 5.56 Å². The van der Waals surface area contributed by atoms with Crippen molar-refractivity contribution in [3.63, 3.8) is 0 Å². The summed E-state index contributed by atoms with van der Waals surface area (Å²) < 4.78 is 0. The molecule has 2 rings (SSSR count). The predicted molar refractivity (Wildman–Crippen MR) is 72.2 cm³/mol. The Kier molecular flexibility index (Phi) is 3.85. The SMILES string of the molecule is CC1(C(=O)Nc2cccc(C(=O)O)c2)CCNCC1. The Hall–Kier alpha value is -1.88. The molecule has 19 heavy (non-hydrogen) atoms. The van der Waals surface area contributed by atoms with Gasteiger partial charge in [0.25, 0.3) is 0 Å². The van der Waals surface area contributed by atoms with E-state index in [1.54, 1.807) is 12.1 Å². The molecule has 1 aromatic rings. The summed E-state index contributed by atoms with van der Waals surface area (Å²) >= 11 is 0. The Balaban J connectivity index is 2.10. The van der Waals surface area contributed by atoms with Crippen LogP contribution in [0.5, 0.6) is 0 Å². The number of rotatable bonds is 3. The van der Waals surface area contributed by atoms with Crippen molar-refractivity contribution >= 4 is 17.6 Å². The number of nitrogens with one attached hydrogen (secondary N) is 2. The highest BCUT2D eigenvalue weighted by molar-refractivity contribution is 5.96. The van der Waals surface area contributed by atoms with Crippen LogP contribution in [0.4, 0.5) is 5.69 Å². The summed E-state index contributed by atoms with van der Waals surface area (Å²) in [5.41, 5.74) is 0.322. The van der Waals surface area contributed by atoms with Crippen molar-refractivity contribution in [2.75, 3.05) is 18.4 Å². The van der Waals surface area contributed by atoms with Crippen molar-refractivity contribution in [2.24, 2.45) is 5.41 Å². The van der Waals surface area contributed by atoms with Gasteiger partial charge in [0.2, 0.25) is 5.91 Å².